The van der Waals surface area contributed by atoms with Gasteiger partial charge < -0.3 is 15.4 Å². The van der Waals surface area contributed by atoms with Gasteiger partial charge in [-0.1, -0.05) is 72.8 Å². The van der Waals surface area contributed by atoms with Crippen LogP contribution in [0.2, 0.25) is 0 Å². The maximum absolute atomic E-state index is 13.3. The van der Waals surface area contributed by atoms with E-state index in [1.54, 1.807) is 0 Å². The molecule has 3 aromatic carbocycles. The number of ether oxygens (including phenoxy) is 1. The molecule has 5 heteroatoms. The summed E-state index contributed by atoms with van der Waals surface area (Å²) in [5, 5.41) is 6.37. The Morgan fingerprint density at radius 2 is 1.65 bits per heavy atom. The van der Waals surface area contributed by atoms with Crippen LogP contribution in [0.4, 0.5) is 11.4 Å². The molecule has 5 rings (SSSR count). The zero-order valence-corrected chi connectivity index (χ0v) is 19.0. The van der Waals surface area contributed by atoms with Gasteiger partial charge in [0.25, 0.3) is 5.91 Å². The molecule has 3 unspecified atom stereocenters. The molecule has 1 saturated carbocycles. The number of esters is 1. The first-order chi connectivity index (χ1) is 16.5. The molecule has 0 spiro atoms. The second-order valence-corrected chi connectivity index (χ2v) is 9.30. The standard InChI is InChI=1S/C29H28N2O3/c1-20-16-23-19-34-28(33)29(23,17-20)18-21-12-14-25(15-13-21)31-27(32)26(22-8-4-2-5-9-22)30-24-10-6-3-7-11-24/h2-15,23,26,30H,1,16-19H2,(H,31,32). The molecule has 1 saturated heterocycles. The van der Waals surface area contributed by atoms with Crippen molar-refractivity contribution >= 4 is 23.3 Å². The van der Waals surface area contributed by atoms with Gasteiger partial charge in [-0.15, -0.1) is 0 Å². The van der Waals surface area contributed by atoms with E-state index in [4.69, 9.17) is 4.74 Å². The lowest BCUT2D eigenvalue weighted by atomic mass is 9.75. The fourth-order valence-electron chi connectivity index (χ4n) is 5.19. The number of cyclic esters (lactones) is 1. The van der Waals surface area contributed by atoms with Gasteiger partial charge in [-0.25, -0.2) is 0 Å². The summed E-state index contributed by atoms with van der Waals surface area (Å²) >= 11 is 0. The summed E-state index contributed by atoms with van der Waals surface area (Å²) in [6.45, 7) is 4.60. The first-order valence-electron chi connectivity index (χ1n) is 11.6. The van der Waals surface area contributed by atoms with Crippen LogP contribution in [0.1, 0.15) is 30.0 Å². The summed E-state index contributed by atoms with van der Waals surface area (Å²) in [7, 11) is 0. The number of allylic oxidation sites excluding steroid dienone is 1. The minimum Gasteiger partial charge on any atom is -0.465 e. The molecule has 5 nitrogen and oxygen atoms in total. The van der Waals surface area contributed by atoms with E-state index >= 15 is 0 Å². The van der Waals surface area contributed by atoms with Crippen LogP contribution in [-0.2, 0) is 20.7 Å². The van der Waals surface area contributed by atoms with E-state index in [1.165, 1.54) is 0 Å². The molecule has 2 N–H and O–H groups in total. The average molecular weight is 453 g/mol. The Labute approximate surface area is 199 Å². The van der Waals surface area contributed by atoms with Crippen LogP contribution in [0, 0.1) is 11.3 Å². The van der Waals surface area contributed by atoms with E-state index < -0.39 is 11.5 Å². The topological polar surface area (TPSA) is 67.4 Å². The van der Waals surface area contributed by atoms with Crippen LogP contribution in [0.3, 0.4) is 0 Å². The van der Waals surface area contributed by atoms with Crippen LogP contribution in [-0.4, -0.2) is 18.5 Å². The minimum atomic E-state index is -0.541. The third kappa shape index (κ3) is 4.34. The third-order valence-corrected chi connectivity index (χ3v) is 6.93. The number of fused-ring (bicyclic) bond motifs is 1. The van der Waals surface area contributed by atoms with Gasteiger partial charge in [0.2, 0.25) is 0 Å². The molecular weight excluding hydrogens is 424 g/mol. The van der Waals surface area contributed by atoms with Crippen molar-refractivity contribution in [2.75, 3.05) is 17.2 Å². The smallest absolute Gasteiger partial charge is 0.313 e. The fraction of sp³-hybridized carbons (Fsp3) is 0.241. The number of hydrogen-bond donors (Lipinski definition) is 2. The average Bonchev–Trinajstić information content (AvgIpc) is 3.33. The highest BCUT2D eigenvalue weighted by molar-refractivity contribution is 5.97. The lowest BCUT2D eigenvalue weighted by Crippen LogP contribution is -2.31. The molecule has 1 aliphatic heterocycles. The molecule has 2 fully saturated rings. The van der Waals surface area contributed by atoms with Gasteiger partial charge in [-0.05, 0) is 54.7 Å². The third-order valence-electron chi connectivity index (χ3n) is 6.93. The zero-order valence-electron chi connectivity index (χ0n) is 19.0. The number of anilines is 2. The molecule has 0 aromatic heterocycles. The predicted octanol–water partition coefficient (Wildman–Crippen LogP) is 5.53. The van der Waals surface area contributed by atoms with E-state index in [0.717, 1.165) is 28.8 Å². The molecule has 0 radical (unpaired) electrons. The van der Waals surface area contributed by atoms with Crippen molar-refractivity contribution in [3.63, 3.8) is 0 Å². The number of hydrogen-bond acceptors (Lipinski definition) is 4. The lowest BCUT2D eigenvalue weighted by Gasteiger charge is -2.24. The van der Waals surface area contributed by atoms with Gasteiger partial charge >= 0.3 is 5.97 Å². The lowest BCUT2D eigenvalue weighted by molar-refractivity contribution is -0.146. The molecule has 1 aliphatic carbocycles. The predicted molar refractivity (Wildman–Crippen MR) is 133 cm³/mol. The van der Waals surface area contributed by atoms with E-state index in [0.29, 0.717) is 25.1 Å². The summed E-state index contributed by atoms with van der Waals surface area (Å²) in [5.41, 5.74) is 4.16. The SMILES string of the molecule is C=C1CC2COC(=O)C2(Cc2ccc(NC(=O)C(Nc3ccccc3)c3ccccc3)cc2)C1. The summed E-state index contributed by atoms with van der Waals surface area (Å²) in [6, 6.07) is 26.6. The fourth-order valence-corrected chi connectivity index (χ4v) is 5.19. The van der Waals surface area contributed by atoms with Crippen LogP contribution >= 0.6 is 0 Å². The van der Waals surface area contributed by atoms with Gasteiger partial charge in [0.15, 0.2) is 0 Å². The number of benzene rings is 3. The van der Waals surface area contributed by atoms with Gasteiger partial charge in [-0.3, -0.25) is 9.59 Å². The van der Waals surface area contributed by atoms with Gasteiger partial charge in [0, 0.05) is 17.3 Å². The molecule has 34 heavy (non-hydrogen) atoms. The number of rotatable bonds is 7. The normalized spacial score (nSPS) is 22.1. The second kappa shape index (κ2) is 9.18. The van der Waals surface area contributed by atoms with Crippen molar-refractivity contribution < 1.29 is 14.3 Å². The first-order valence-corrected chi connectivity index (χ1v) is 11.6. The Morgan fingerprint density at radius 1 is 0.971 bits per heavy atom. The van der Waals surface area contributed by atoms with Crippen molar-refractivity contribution in [2.45, 2.75) is 25.3 Å². The molecule has 3 aromatic rings. The molecule has 0 bridgehead atoms. The first kappa shape index (κ1) is 22.0. The van der Waals surface area contributed by atoms with E-state index in [2.05, 4.69) is 17.2 Å². The molecular formula is C29H28N2O3. The van der Waals surface area contributed by atoms with E-state index in [9.17, 15) is 9.59 Å². The van der Waals surface area contributed by atoms with Crippen LogP contribution in [0.15, 0.2) is 97.1 Å². The van der Waals surface area contributed by atoms with E-state index in [-0.39, 0.29) is 17.8 Å². The van der Waals surface area contributed by atoms with E-state index in [1.807, 2.05) is 84.9 Å². The summed E-state index contributed by atoms with van der Waals surface area (Å²) in [4.78, 5) is 25.8. The highest BCUT2D eigenvalue weighted by Crippen LogP contribution is 2.52. The van der Waals surface area contributed by atoms with Crippen molar-refractivity contribution in [3.05, 3.63) is 108 Å². The molecule has 1 heterocycles. The highest BCUT2D eigenvalue weighted by Gasteiger charge is 2.55. The van der Waals surface area contributed by atoms with Gasteiger partial charge in [0.05, 0.1) is 12.0 Å². The van der Waals surface area contributed by atoms with Crippen LogP contribution < -0.4 is 10.6 Å². The highest BCUT2D eigenvalue weighted by atomic mass is 16.5. The summed E-state index contributed by atoms with van der Waals surface area (Å²) in [5.74, 6) is -0.0401. The van der Waals surface area contributed by atoms with Crippen molar-refractivity contribution in [1.29, 1.82) is 0 Å². The molecule has 172 valence electrons. The zero-order chi connectivity index (χ0) is 23.5. The Morgan fingerprint density at radius 3 is 2.35 bits per heavy atom. The number of carbonyl (C=O) groups excluding carboxylic acids is 2. The Bertz CT molecular complexity index is 1190. The Balaban J connectivity index is 1.31. The Kier molecular flexibility index (Phi) is 5.93. The monoisotopic (exact) mass is 452 g/mol. The van der Waals surface area contributed by atoms with Crippen molar-refractivity contribution in [2.24, 2.45) is 11.3 Å². The van der Waals surface area contributed by atoms with Crippen LogP contribution in [0.25, 0.3) is 0 Å². The van der Waals surface area contributed by atoms with Gasteiger partial charge in [0.1, 0.15) is 6.04 Å². The molecule has 1 amide bonds. The number of nitrogens with one attached hydrogen (secondary N) is 2. The molecule has 3 atom stereocenters. The largest absolute Gasteiger partial charge is 0.465 e. The quantitative estimate of drug-likeness (QED) is 0.365. The summed E-state index contributed by atoms with van der Waals surface area (Å²) < 4.78 is 5.39. The minimum absolute atomic E-state index is 0.105. The molecule has 2 aliphatic rings. The second-order valence-electron chi connectivity index (χ2n) is 9.30. The van der Waals surface area contributed by atoms with Crippen LogP contribution in [0.5, 0.6) is 0 Å². The van der Waals surface area contributed by atoms with Crippen molar-refractivity contribution in [3.8, 4) is 0 Å². The number of para-hydroxylation sites is 1. The summed E-state index contributed by atoms with van der Waals surface area (Å²) in [6.07, 6.45) is 2.18. The maximum Gasteiger partial charge on any atom is 0.313 e. The maximum atomic E-state index is 13.3. The Hall–Kier alpha value is -3.86. The number of amides is 1. The van der Waals surface area contributed by atoms with Crippen molar-refractivity contribution in [1.82, 2.24) is 0 Å². The van der Waals surface area contributed by atoms with Gasteiger partial charge in [-0.2, -0.15) is 0 Å². The number of carbonyl (C=O) groups is 2.